The lowest BCUT2D eigenvalue weighted by molar-refractivity contribution is 0.503. The third kappa shape index (κ3) is 4.19. The molecular formula is C9H17N3S2. The minimum Gasteiger partial charge on any atom is -0.360 e. The average Bonchev–Trinajstić information content (AvgIpc) is 2.58. The molecule has 0 saturated heterocycles. The van der Waals surface area contributed by atoms with Crippen LogP contribution in [-0.4, -0.2) is 16.7 Å². The summed E-state index contributed by atoms with van der Waals surface area (Å²) in [5, 5.41) is 10.9. The molecule has 0 spiro atoms. The average molecular weight is 231 g/mol. The van der Waals surface area contributed by atoms with E-state index in [9.17, 15) is 0 Å². The molecule has 0 fully saturated rings. The van der Waals surface area contributed by atoms with Crippen molar-refractivity contribution in [3.8, 4) is 0 Å². The van der Waals surface area contributed by atoms with Gasteiger partial charge in [0.05, 0.1) is 0 Å². The van der Waals surface area contributed by atoms with Crippen molar-refractivity contribution in [2.45, 2.75) is 33.1 Å². The normalized spacial score (nSPS) is 12.7. The lowest BCUT2D eigenvalue weighted by Crippen LogP contribution is -2.03. The second-order valence-corrected chi connectivity index (χ2v) is 5.17. The van der Waals surface area contributed by atoms with Gasteiger partial charge in [0.2, 0.25) is 5.13 Å². The maximum Gasteiger partial charge on any atom is 0.204 e. The smallest absolute Gasteiger partial charge is 0.204 e. The lowest BCUT2D eigenvalue weighted by atomic mass is 10.0. The van der Waals surface area contributed by atoms with E-state index >= 15 is 0 Å². The Hall–Kier alpha value is -0.420. The van der Waals surface area contributed by atoms with Crippen LogP contribution in [0, 0.1) is 9.87 Å². The molecule has 2 N–H and O–H groups in total. The van der Waals surface area contributed by atoms with Crippen molar-refractivity contribution < 1.29 is 0 Å². The molecule has 1 heterocycles. The number of H-pyrrole nitrogens is 1. The first-order valence-electron chi connectivity index (χ1n) is 5.01. The summed E-state index contributed by atoms with van der Waals surface area (Å²) < 4.78 is 0.731. The van der Waals surface area contributed by atoms with Gasteiger partial charge in [-0.2, -0.15) is 0 Å². The van der Waals surface area contributed by atoms with Gasteiger partial charge in [-0.05, 0) is 31.0 Å². The van der Waals surface area contributed by atoms with Crippen LogP contribution in [0.15, 0.2) is 0 Å². The highest BCUT2D eigenvalue weighted by molar-refractivity contribution is 7.73. The molecule has 1 rings (SSSR count). The molecule has 1 aromatic heterocycles. The lowest BCUT2D eigenvalue weighted by Gasteiger charge is -2.07. The van der Waals surface area contributed by atoms with Crippen LogP contribution in [0.5, 0.6) is 0 Å². The summed E-state index contributed by atoms with van der Waals surface area (Å²) in [6, 6.07) is 0. The van der Waals surface area contributed by atoms with Crippen molar-refractivity contribution in [2.24, 2.45) is 5.92 Å². The van der Waals surface area contributed by atoms with Gasteiger partial charge in [0, 0.05) is 6.54 Å². The molecule has 0 aliphatic carbocycles. The Morgan fingerprint density at radius 1 is 1.64 bits per heavy atom. The molecule has 0 saturated carbocycles. The fraction of sp³-hybridized carbons (Fsp3) is 0.778. The molecule has 5 heteroatoms. The van der Waals surface area contributed by atoms with Crippen LogP contribution in [0.1, 0.15) is 33.1 Å². The largest absolute Gasteiger partial charge is 0.360 e. The van der Waals surface area contributed by atoms with Gasteiger partial charge < -0.3 is 5.32 Å². The van der Waals surface area contributed by atoms with Crippen molar-refractivity contribution in [3.63, 3.8) is 0 Å². The number of aromatic amines is 1. The van der Waals surface area contributed by atoms with E-state index in [0.717, 1.165) is 21.5 Å². The van der Waals surface area contributed by atoms with Crippen LogP contribution in [0.4, 0.5) is 5.13 Å². The Labute approximate surface area is 93.9 Å². The minimum absolute atomic E-state index is 0.731. The Morgan fingerprint density at radius 3 is 3.00 bits per heavy atom. The molecule has 0 aromatic carbocycles. The summed E-state index contributed by atoms with van der Waals surface area (Å²) in [5.41, 5.74) is 0. The SMILES string of the molecule is CC[C@H](C)CCCNc1n[nH]c(=S)s1. The number of rotatable bonds is 6. The highest BCUT2D eigenvalue weighted by Crippen LogP contribution is 2.12. The zero-order valence-electron chi connectivity index (χ0n) is 8.67. The summed E-state index contributed by atoms with van der Waals surface area (Å²) in [7, 11) is 0. The number of hydrogen-bond acceptors (Lipinski definition) is 4. The van der Waals surface area contributed by atoms with Gasteiger partial charge in [0.15, 0.2) is 3.95 Å². The molecule has 14 heavy (non-hydrogen) atoms. The molecule has 80 valence electrons. The Kier molecular flexibility index (Phi) is 5.11. The van der Waals surface area contributed by atoms with E-state index in [4.69, 9.17) is 12.2 Å². The van der Waals surface area contributed by atoms with E-state index in [-0.39, 0.29) is 0 Å². The number of nitrogens with zero attached hydrogens (tertiary/aromatic N) is 1. The number of hydrogen-bond donors (Lipinski definition) is 2. The second-order valence-electron chi connectivity index (χ2n) is 3.50. The maximum atomic E-state index is 4.93. The molecular weight excluding hydrogens is 214 g/mol. The van der Waals surface area contributed by atoms with E-state index in [1.54, 1.807) is 0 Å². The van der Waals surface area contributed by atoms with E-state index in [1.165, 1.54) is 30.6 Å². The van der Waals surface area contributed by atoms with Gasteiger partial charge in [-0.25, -0.2) is 0 Å². The minimum atomic E-state index is 0.731. The predicted octanol–water partition coefficient (Wildman–Crippen LogP) is 3.44. The molecule has 1 aromatic rings. The zero-order valence-corrected chi connectivity index (χ0v) is 10.3. The van der Waals surface area contributed by atoms with Gasteiger partial charge in [-0.15, -0.1) is 5.10 Å². The highest BCUT2D eigenvalue weighted by atomic mass is 32.1. The fourth-order valence-corrected chi connectivity index (χ4v) is 1.97. The van der Waals surface area contributed by atoms with Gasteiger partial charge in [0.25, 0.3) is 0 Å². The van der Waals surface area contributed by atoms with Crippen molar-refractivity contribution in [1.29, 1.82) is 0 Å². The van der Waals surface area contributed by atoms with E-state index in [0.29, 0.717) is 0 Å². The number of nitrogens with one attached hydrogen (secondary N) is 2. The first-order chi connectivity index (χ1) is 6.72. The number of anilines is 1. The molecule has 0 aliphatic heterocycles. The first-order valence-corrected chi connectivity index (χ1v) is 6.24. The second kappa shape index (κ2) is 6.14. The van der Waals surface area contributed by atoms with E-state index in [1.807, 2.05) is 0 Å². The van der Waals surface area contributed by atoms with Gasteiger partial charge in [-0.3, -0.25) is 5.10 Å². The third-order valence-corrected chi connectivity index (χ3v) is 3.33. The van der Waals surface area contributed by atoms with Crippen molar-refractivity contribution >= 4 is 28.7 Å². The maximum absolute atomic E-state index is 4.93. The molecule has 0 bridgehead atoms. The molecule has 0 unspecified atom stereocenters. The highest BCUT2D eigenvalue weighted by Gasteiger charge is 1.99. The fourth-order valence-electron chi connectivity index (χ4n) is 1.16. The summed E-state index contributed by atoms with van der Waals surface area (Å²) in [6.07, 6.45) is 3.74. The topological polar surface area (TPSA) is 40.7 Å². The zero-order chi connectivity index (χ0) is 10.4. The Morgan fingerprint density at radius 2 is 2.43 bits per heavy atom. The van der Waals surface area contributed by atoms with Crippen LogP contribution in [0.2, 0.25) is 0 Å². The van der Waals surface area contributed by atoms with Crippen molar-refractivity contribution in [2.75, 3.05) is 11.9 Å². The van der Waals surface area contributed by atoms with E-state index < -0.39 is 0 Å². The molecule has 0 radical (unpaired) electrons. The summed E-state index contributed by atoms with van der Waals surface area (Å²) in [4.78, 5) is 0. The first kappa shape index (κ1) is 11.7. The van der Waals surface area contributed by atoms with E-state index in [2.05, 4.69) is 29.4 Å². The quantitative estimate of drug-likeness (QED) is 0.582. The Bertz CT molecular complexity index is 305. The van der Waals surface area contributed by atoms with Crippen LogP contribution in [0.25, 0.3) is 0 Å². The summed E-state index contributed by atoms with van der Waals surface area (Å²) in [6.45, 7) is 5.51. The van der Waals surface area contributed by atoms with Crippen LogP contribution < -0.4 is 5.32 Å². The monoisotopic (exact) mass is 231 g/mol. The molecule has 0 amide bonds. The summed E-state index contributed by atoms with van der Waals surface area (Å²) >= 11 is 6.42. The van der Waals surface area contributed by atoms with Crippen molar-refractivity contribution in [3.05, 3.63) is 3.95 Å². The Balaban J connectivity index is 2.13. The van der Waals surface area contributed by atoms with Crippen LogP contribution >= 0.6 is 23.6 Å². The predicted molar refractivity (Wildman–Crippen MR) is 64.5 cm³/mol. The molecule has 1 atom stereocenters. The van der Waals surface area contributed by atoms with Gasteiger partial charge in [0.1, 0.15) is 0 Å². The summed E-state index contributed by atoms with van der Waals surface area (Å²) in [5.74, 6) is 0.828. The van der Waals surface area contributed by atoms with Crippen molar-refractivity contribution in [1.82, 2.24) is 10.2 Å². The van der Waals surface area contributed by atoms with Crippen LogP contribution in [-0.2, 0) is 0 Å². The van der Waals surface area contributed by atoms with Crippen LogP contribution in [0.3, 0.4) is 0 Å². The third-order valence-electron chi connectivity index (χ3n) is 2.28. The van der Waals surface area contributed by atoms with Gasteiger partial charge in [-0.1, -0.05) is 31.6 Å². The number of aromatic nitrogens is 2. The molecule has 3 nitrogen and oxygen atoms in total. The van der Waals surface area contributed by atoms with Gasteiger partial charge >= 0.3 is 0 Å². The standard InChI is InChI=1S/C9H17N3S2/c1-3-7(2)5-4-6-10-8-11-12-9(13)14-8/h7H,3-6H2,1-2H3,(H,10,11)(H,12,13)/t7-/m0/s1. The molecule has 0 aliphatic rings.